The zero-order valence-electron chi connectivity index (χ0n) is 24.6. The van der Waals surface area contributed by atoms with Gasteiger partial charge < -0.3 is 24.1 Å². The number of carbonyl (C=O) groups excluding carboxylic acids is 2. The van der Waals surface area contributed by atoms with Crippen molar-refractivity contribution < 1.29 is 33.6 Å². The molecule has 0 radical (unpaired) electrons. The quantitative estimate of drug-likeness (QED) is 0.246. The van der Waals surface area contributed by atoms with Crippen LogP contribution in [0.25, 0.3) is 0 Å². The SMILES string of the molecule is C=C(C)[C@]12C[C@@H](C)[C@@]34O[C@](Cc5ccccc5)(O[C@@H]1[C@@H]3C=C(COC(=O)CCCCC)C[C@]1(O)C(=O)C(C)=C[C@@H]41)O2. The highest BCUT2D eigenvalue weighted by Crippen LogP contribution is 2.68. The van der Waals surface area contributed by atoms with Gasteiger partial charge in [-0.2, -0.15) is 0 Å². The van der Waals surface area contributed by atoms with Gasteiger partial charge in [-0.15, -0.1) is 0 Å². The summed E-state index contributed by atoms with van der Waals surface area (Å²) in [5.74, 6) is -3.07. The van der Waals surface area contributed by atoms with Crippen molar-refractivity contribution in [1.29, 1.82) is 0 Å². The smallest absolute Gasteiger partial charge is 0.306 e. The van der Waals surface area contributed by atoms with Crippen molar-refractivity contribution in [2.75, 3.05) is 6.61 Å². The van der Waals surface area contributed by atoms with E-state index in [1.54, 1.807) is 6.92 Å². The third-order valence-corrected chi connectivity index (χ3v) is 10.1. The molecule has 0 amide bonds. The molecule has 1 N–H and O–H groups in total. The van der Waals surface area contributed by atoms with Gasteiger partial charge in [-0.1, -0.05) is 75.8 Å². The Morgan fingerprint density at radius 1 is 1.17 bits per heavy atom. The molecule has 3 fully saturated rings. The maximum Gasteiger partial charge on any atom is 0.306 e. The third kappa shape index (κ3) is 4.22. The number of Topliss-reactive ketones (excluding diaryl/α,β-unsaturated/α-hetero) is 1. The Morgan fingerprint density at radius 3 is 2.63 bits per heavy atom. The van der Waals surface area contributed by atoms with Crippen LogP contribution in [0.1, 0.15) is 71.8 Å². The van der Waals surface area contributed by atoms with Gasteiger partial charge in [0.2, 0.25) is 0 Å². The van der Waals surface area contributed by atoms with E-state index in [1.807, 2.05) is 49.4 Å². The molecule has 1 saturated carbocycles. The number of carbonyl (C=O) groups is 2. The molecule has 0 unspecified atom stereocenters. The number of hydrogen-bond acceptors (Lipinski definition) is 7. The van der Waals surface area contributed by atoms with Gasteiger partial charge in [0.05, 0.1) is 12.0 Å². The molecule has 0 aromatic heterocycles. The Hall–Kier alpha value is -2.58. The lowest BCUT2D eigenvalue weighted by Gasteiger charge is -2.59. The van der Waals surface area contributed by atoms with Gasteiger partial charge in [0.25, 0.3) is 5.97 Å². The van der Waals surface area contributed by atoms with Gasteiger partial charge in [0, 0.05) is 24.7 Å². The molecule has 8 atom stereocenters. The first kappa shape index (κ1) is 28.5. The van der Waals surface area contributed by atoms with Crippen LogP contribution in [0.3, 0.4) is 0 Å². The summed E-state index contributed by atoms with van der Waals surface area (Å²) in [6, 6.07) is 9.93. The van der Waals surface area contributed by atoms with Crippen molar-refractivity contribution in [3.8, 4) is 0 Å². The average Bonchev–Trinajstić information content (AvgIpc) is 3.24. The van der Waals surface area contributed by atoms with Crippen LogP contribution in [-0.2, 0) is 35.0 Å². The molecule has 1 aromatic rings. The predicted molar refractivity (Wildman–Crippen MR) is 152 cm³/mol. The molecule has 41 heavy (non-hydrogen) atoms. The maximum atomic E-state index is 13.7. The first-order valence-corrected chi connectivity index (χ1v) is 15.1. The Kier molecular flexibility index (Phi) is 6.97. The van der Waals surface area contributed by atoms with Gasteiger partial charge in [-0.25, -0.2) is 0 Å². The van der Waals surface area contributed by atoms with Gasteiger partial charge in [0.15, 0.2) is 5.78 Å². The number of aliphatic hydroxyl groups is 1. The summed E-state index contributed by atoms with van der Waals surface area (Å²) < 4.78 is 26.5. The maximum absolute atomic E-state index is 13.7. The summed E-state index contributed by atoms with van der Waals surface area (Å²) in [4.78, 5) is 26.2. The highest BCUT2D eigenvalue weighted by atomic mass is 16.9. The normalized spacial score (nSPS) is 40.4. The molecular formula is C34H42O7. The zero-order valence-corrected chi connectivity index (χ0v) is 24.6. The van der Waals surface area contributed by atoms with Gasteiger partial charge in [0.1, 0.15) is 23.9 Å². The molecule has 3 aliphatic carbocycles. The highest BCUT2D eigenvalue weighted by Gasteiger charge is 2.79. The summed E-state index contributed by atoms with van der Waals surface area (Å²) in [6.45, 7) is 12.3. The van der Waals surface area contributed by atoms with Gasteiger partial charge in [-0.05, 0) is 54.9 Å². The van der Waals surface area contributed by atoms with Crippen LogP contribution < -0.4 is 0 Å². The van der Waals surface area contributed by atoms with Crippen molar-refractivity contribution in [3.63, 3.8) is 0 Å². The van der Waals surface area contributed by atoms with Crippen molar-refractivity contribution in [2.45, 2.75) is 102 Å². The lowest BCUT2D eigenvalue weighted by atomic mass is 9.55. The van der Waals surface area contributed by atoms with E-state index in [4.69, 9.17) is 18.9 Å². The van der Waals surface area contributed by atoms with E-state index in [9.17, 15) is 14.7 Å². The van der Waals surface area contributed by atoms with Crippen LogP contribution in [0.5, 0.6) is 0 Å². The number of rotatable bonds is 9. The summed E-state index contributed by atoms with van der Waals surface area (Å²) in [5.41, 5.74) is -0.437. The third-order valence-electron chi connectivity index (χ3n) is 10.1. The summed E-state index contributed by atoms with van der Waals surface area (Å²) in [6.07, 6.45) is 7.61. The fraction of sp³-hybridized carbons (Fsp3) is 0.588. The number of unbranched alkanes of at least 4 members (excludes halogenated alkanes) is 2. The van der Waals surface area contributed by atoms with E-state index in [1.165, 1.54) is 0 Å². The Morgan fingerprint density at radius 2 is 1.93 bits per heavy atom. The first-order chi connectivity index (χ1) is 19.5. The summed E-state index contributed by atoms with van der Waals surface area (Å²) in [5, 5.41) is 12.3. The molecule has 2 saturated heterocycles. The minimum atomic E-state index is -1.72. The van der Waals surface area contributed by atoms with Gasteiger partial charge in [-0.3, -0.25) is 9.59 Å². The Bertz CT molecular complexity index is 1320. The van der Waals surface area contributed by atoms with Crippen molar-refractivity contribution in [1.82, 2.24) is 0 Å². The Balaban J connectivity index is 1.45. The molecule has 6 rings (SSSR count). The second-order valence-corrected chi connectivity index (χ2v) is 12.9. The van der Waals surface area contributed by atoms with Crippen molar-refractivity contribution in [2.24, 2.45) is 17.8 Å². The van der Waals surface area contributed by atoms with Gasteiger partial charge >= 0.3 is 5.97 Å². The fourth-order valence-electron chi connectivity index (χ4n) is 8.25. The number of ether oxygens (including phenoxy) is 4. The molecule has 2 heterocycles. The molecule has 5 aliphatic rings. The molecule has 3 bridgehead atoms. The highest BCUT2D eigenvalue weighted by molar-refractivity contribution is 6.04. The van der Waals surface area contributed by atoms with E-state index in [0.29, 0.717) is 30.4 Å². The summed E-state index contributed by atoms with van der Waals surface area (Å²) in [7, 11) is 0. The Labute approximate surface area is 242 Å². The predicted octanol–water partition coefficient (Wildman–Crippen LogP) is 5.37. The first-order valence-electron chi connectivity index (χ1n) is 15.1. The van der Waals surface area contributed by atoms with E-state index in [-0.39, 0.29) is 36.6 Å². The summed E-state index contributed by atoms with van der Waals surface area (Å²) >= 11 is 0. The van der Waals surface area contributed by atoms with Crippen molar-refractivity contribution >= 4 is 11.8 Å². The van der Waals surface area contributed by atoms with E-state index in [2.05, 4.69) is 20.4 Å². The van der Waals surface area contributed by atoms with E-state index >= 15 is 0 Å². The number of ketones is 1. The second-order valence-electron chi connectivity index (χ2n) is 12.9. The van der Waals surface area contributed by atoms with E-state index < -0.39 is 34.8 Å². The molecular weight excluding hydrogens is 520 g/mol. The molecule has 2 aliphatic heterocycles. The van der Waals surface area contributed by atoms with Crippen LogP contribution in [0.15, 0.2) is 65.8 Å². The molecule has 1 aromatic carbocycles. The number of hydrogen-bond donors (Lipinski definition) is 1. The monoisotopic (exact) mass is 562 g/mol. The molecule has 0 spiro atoms. The zero-order chi connectivity index (χ0) is 29.2. The standard InChI is InChI=1S/C34H42O7/c1-6-7-9-14-28(35)38-20-25-16-26-30-32(21(2)3)17-23(5)34(26,27-15-22(4)29(36)31(27,37)18-25)41-33(39-30,40-32)19-24-12-10-8-11-13-24/h8,10-13,15-16,23,26-27,30,37H,2,6-7,9,14,17-20H2,1,3-5H3/t23-,26+,27-,30-,31-,32-,33-,34-/m1/s1. The number of benzene rings is 1. The van der Waals surface area contributed by atoms with Crippen LogP contribution in [0.2, 0.25) is 0 Å². The van der Waals surface area contributed by atoms with E-state index in [0.717, 1.165) is 30.4 Å². The minimum absolute atomic E-state index is 0.0100. The van der Waals surface area contributed by atoms with Crippen LogP contribution in [-0.4, -0.2) is 52.3 Å². The molecule has 7 nitrogen and oxygen atoms in total. The average molecular weight is 563 g/mol. The van der Waals surface area contributed by atoms with Crippen LogP contribution >= 0.6 is 0 Å². The van der Waals surface area contributed by atoms with Crippen LogP contribution in [0, 0.1) is 17.8 Å². The van der Waals surface area contributed by atoms with Crippen molar-refractivity contribution in [3.05, 3.63) is 71.3 Å². The largest absolute Gasteiger partial charge is 0.461 e. The second kappa shape index (κ2) is 10.0. The van der Waals surface area contributed by atoms with Crippen LogP contribution in [0.4, 0.5) is 0 Å². The fourth-order valence-corrected chi connectivity index (χ4v) is 8.25. The lowest BCUT2D eigenvalue weighted by Crippen LogP contribution is -2.70. The molecule has 7 heteroatoms. The molecule has 220 valence electrons. The number of fused-ring (bicyclic) bond motifs is 2. The lowest BCUT2D eigenvalue weighted by molar-refractivity contribution is -0.421. The minimum Gasteiger partial charge on any atom is -0.461 e. The number of esters is 1. The topological polar surface area (TPSA) is 91.3 Å².